The van der Waals surface area contributed by atoms with Crippen LogP contribution in [0.15, 0.2) is 11.6 Å². The van der Waals surface area contributed by atoms with E-state index in [1.807, 2.05) is 6.92 Å². The van der Waals surface area contributed by atoms with Crippen LogP contribution in [0, 0.1) is 28.6 Å². The second-order valence-electron chi connectivity index (χ2n) is 13.6. The third-order valence-electron chi connectivity index (χ3n) is 11.1. The number of aliphatic hydroxyl groups is 1. The van der Waals surface area contributed by atoms with E-state index < -0.39 is 46.8 Å². The van der Waals surface area contributed by atoms with Crippen molar-refractivity contribution in [3.8, 4) is 0 Å². The maximum atomic E-state index is 14.1. The molecule has 0 amide bonds. The summed E-state index contributed by atoms with van der Waals surface area (Å²) in [5.74, 6) is -1.86. The fourth-order valence-corrected chi connectivity index (χ4v) is 9.00. The van der Waals surface area contributed by atoms with Crippen LogP contribution >= 0.6 is 0 Å². The number of ether oxygens (including phenoxy) is 2. The van der Waals surface area contributed by atoms with Crippen LogP contribution in [-0.2, 0) is 38.3 Å². The van der Waals surface area contributed by atoms with Gasteiger partial charge in [0, 0.05) is 24.7 Å². The van der Waals surface area contributed by atoms with Crippen LogP contribution in [0.4, 0.5) is 0 Å². The smallest absolute Gasteiger partial charge is 0.306 e. The molecule has 0 spiro atoms. The van der Waals surface area contributed by atoms with Gasteiger partial charge in [-0.3, -0.25) is 49.7 Å². The molecule has 5 N–H and O–H groups in total. The molecule has 4 rings (SSSR count). The maximum Gasteiger partial charge on any atom is 0.306 e. The second kappa shape index (κ2) is 15.3. The number of unbranched alkanes of at least 4 members (excludes halogenated alkanes) is 2. The van der Waals surface area contributed by atoms with Crippen LogP contribution in [0.1, 0.15) is 97.3 Å². The molecule has 0 aliphatic heterocycles. The van der Waals surface area contributed by atoms with Gasteiger partial charge in [0.15, 0.2) is 18.0 Å². The Morgan fingerprint density at radius 2 is 1.57 bits per heavy atom. The molecule has 15 nitrogen and oxygen atoms in total. The van der Waals surface area contributed by atoms with Crippen LogP contribution in [0.25, 0.3) is 0 Å². The van der Waals surface area contributed by atoms with Gasteiger partial charge in [0.25, 0.3) is 0 Å². The van der Waals surface area contributed by atoms with Crippen molar-refractivity contribution in [3.63, 3.8) is 0 Å². The third kappa shape index (κ3) is 7.69. The average Bonchev–Trinajstić information content (AvgIpc) is 3.27. The highest BCUT2D eigenvalue weighted by atomic mass is 17.1. The molecule has 0 aromatic rings. The zero-order valence-corrected chi connectivity index (χ0v) is 26.6. The first-order valence-corrected chi connectivity index (χ1v) is 16.2. The topological polar surface area (TPSA) is 213 Å². The average molecular weight is 657 g/mol. The molecule has 0 radical (unpaired) electrons. The molecule has 46 heavy (non-hydrogen) atoms. The first kappa shape index (κ1) is 36.5. The maximum absolute atomic E-state index is 14.1. The van der Waals surface area contributed by atoms with E-state index in [9.17, 15) is 24.3 Å². The number of nitrogens with zero attached hydrogens (tertiary/aromatic N) is 2. The van der Waals surface area contributed by atoms with Gasteiger partial charge in [-0.25, -0.2) is 0 Å². The molecule has 4 aliphatic rings. The van der Waals surface area contributed by atoms with Crippen LogP contribution in [0.3, 0.4) is 0 Å². The quantitative estimate of drug-likeness (QED) is 0.0916. The minimum atomic E-state index is -1.63. The van der Waals surface area contributed by atoms with E-state index in [0.29, 0.717) is 38.5 Å². The molecule has 3 fully saturated rings. The number of carbonyl (C=O) groups excluding carboxylic acids is 4. The van der Waals surface area contributed by atoms with Gasteiger partial charge in [-0.05, 0) is 87.0 Å². The minimum Gasteiger partial charge on any atom is -0.457 e. The summed E-state index contributed by atoms with van der Waals surface area (Å²) in [6.07, 6.45) is 5.82. The van der Waals surface area contributed by atoms with E-state index in [2.05, 4.69) is 16.6 Å². The molecular weight excluding hydrogens is 608 g/mol. The standard InChI is InChI=1S/C31H48N2O13/c1-29-13-11-21(34)17-20(29)9-10-22-23-12-14-31(30(23,2)18-24(35)28(22)29,46-27(38)7-4-3-5-15-44-32(39)40)25(36)19-43-26(37)8-6-16-45-33(41)42/h17,22-24,28,35,39-42H,3-16,18-19H2,1-2H3/t22?,23?,24-,28+,29-,30-,31-/m0/s1. The molecule has 3 saturated carbocycles. The first-order chi connectivity index (χ1) is 21.7. The van der Waals surface area contributed by atoms with Crippen molar-refractivity contribution in [2.24, 2.45) is 28.6 Å². The predicted octanol–water partition coefficient (Wildman–Crippen LogP) is 3.25. The molecule has 260 valence electrons. The van der Waals surface area contributed by atoms with E-state index in [4.69, 9.17) is 30.3 Å². The summed E-state index contributed by atoms with van der Waals surface area (Å²) in [5, 5.41) is 45.5. The molecule has 0 bridgehead atoms. The SMILES string of the molecule is C[C@]12CCC(=O)C=C1CCC1C3CC[C@](OC(=O)CCCCCON(O)O)(C(=O)COC(=O)CCCON(O)O)[C@@]3(C)C[C@H](O)[C@@H]12. The first-order valence-electron chi connectivity index (χ1n) is 16.2. The Labute approximate surface area is 267 Å². The number of aliphatic hydroxyl groups excluding tert-OH is 1. The Morgan fingerprint density at radius 1 is 0.891 bits per heavy atom. The Kier molecular flexibility index (Phi) is 12.1. The van der Waals surface area contributed by atoms with E-state index in [0.717, 1.165) is 18.4 Å². The number of Topliss-reactive ketones (excluding diaryl/α,β-unsaturated/α-hetero) is 1. The number of allylic oxidation sites excluding steroid dienone is 1. The molecule has 0 aromatic heterocycles. The van der Waals surface area contributed by atoms with Crippen molar-refractivity contribution < 1.29 is 64.3 Å². The summed E-state index contributed by atoms with van der Waals surface area (Å²) < 4.78 is 11.5. The van der Waals surface area contributed by atoms with Gasteiger partial charge >= 0.3 is 11.9 Å². The van der Waals surface area contributed by atoms with Crippen LogP contribution in [0.2, 0.25) is 0 Å². The lowest BCUT2D eigenvalue weighted by molar-refractivity contribution is -0.492. The van der Waals surface area contributed by atoms with Gasteiger partial charge in [0.2, 0.25) is 5.78 Å². The zero-order chi connectivity index (χ0) is 33.7. The highest BCUT2D eigenvalue weighted by Crippen LogP contribution is 2.68. The molecule has 0 saturated heterocycles. The number of rotatable bonds is 16. The largest absolute Gasteiger partial charge is 0.457 e. The molecule has 2 unspecified atom stereocenters. The summed E-state index contributed by atoms with van der Waals surface area (Å²) in [6.45, 7) is 3.26. The van der Waals surface area contributed by atoms with Crippen molar-refractivity contribution in [2.45, 2.75) is 109 Å². The number of hydrogen-bond acceptors (Lipinski definition) is 15. The number of fused-ring (bicyclic) bond motifs is 5. The summed E-state index contributed by atoms with van der Waals surface area (Å²) in [5.41, 5.74) is -1.82. The Balaban J connectivity index is 1.51. The monoisotopic (exact) mass is 656 g/mol. The number of esters is 2. The molecule has 0 heterocycles. The summed E-state index contributed by atoms with van der Waals surface area (Å²) in [7, 11) is 0. The van der Waals surface area contributed by atoms with Crippen LogP contribution in [-0.4, -0.2) is 91.7 Å². The van der Waals surface area contributed by atoms with Crippen molar-refractivity contribution >= 4 is 23.5 Å². The lowest BCUT2D eigenvalue weighted by atomic mass is 9.45. The number of carbonyl (C=O) groups is 4. The van der Waals surface area contributed by atoms with Gasteiger partial charge in [-0.15, -0.1) is 0 Å². The fraction of sp³-hybridized carbons (Fsp3) is 0.806. The summed E-state index contributed by atoms with van der Waals surface area (Å²) in [4.78, 5) is 61.0. The van der Waals surface area contributed by atoms with Gasteiger partial charge in [-0.2, -0.15) is 0 Å². The van der Waals surface area contributed by atoms with E-state index in [-0.39, 0.29) is 79.7 Å². The van der Waals surface area contributed by atoms with Crippen molar-refractivity contribution in [1.82, 2.24) is 10.8 Å². The Hall–Kier alpha value is -2.34. The molecule has 4 aliphatic carbocycles. The van der Waals surface area contributed by atoms with Crippen LogP contribution in [0.5, 0.6) is 0 Å². The molecule has 0 aromatic carbocycles. The van der Waals surface area contributed by atoms with Gasteiger partial charge < -0.3 is 14.6 Å². The molecular formula is C31H48N2O13. The van der Waals surface area contributed by atoms with Gasteiger partial charge in [0.1, 0.15) is 0 Å². The normalized spacial score (nSPS) is 33.7. The molecule has 15 heteroatoms. The van der Waals surface area contributed by atoms with Crippen molar-refractivity contribution in [1.29, 1.82) is 0 Å². The minimum absolute atomic E-state index is 0.000871. The Morgan fingerprint density at radius 3 is 2.26 bits per heavy atom. The van der Waals surface area contributed by atoms with E-state index >= 15 is 0 Å². The van der Waals surface area contributed by atoms with E-state index in [1.165, 1.54) is 0 Å². The van der Waals surface area contributed by atoms with Crippen LogP contribution < -0.4 is 0 Å². The second-order valence-corrected chi connectivity index (χ2v) is 13.6. The predicted molar refractivity (Wildman–Crippen MR) is 153 cm³/mol. The number of hydrogen-bond donors (Lipinski definition) is 5. The van der Waals surface area contributed by atoms with E-state index in [1.54, 1.807) is 6.08 Å². The third-order valence-corrected chi connectivity index (χ3v) is 11.1. The van der Waals surface area contributed by atoms with Crippen molar-refractivity contribution in [3.05, 3.63) is 11.6 Å². The zero-order valence-electron chi connectivity index (χ0n) is 26.6. The summed E-state index contributed by atoms with van der Waals surface area (Å²) in [6, 6.07) is 0. The van der Waals surface area contributed by atoms with Gasteiger partial charge in [0.05, 0.1) is 30.1 Å². The highest BCUT2D eigenvalue weighted by Gasteiger charge is 2.70. The highest BCUT2D eigenvalue weighted by molar-refractivity contribution is 5.93. The molecule has 7 atom stereocenters. The number of ketones is 2. The van der Waals surface area contributed by atoms with Crippen molar-refractivity contribution in [2.75, 3.05) is 19.8 Å². The fourth-order valence-electron chi connectivity index (χ4n) is 9.00. The summed E-state index contributed by atoms with van der Waals surface area (Å²) >= 11 is 0. The van der Waals surface area contributed by atoms with Gasteiger partial charge in [-0.1, -0.05) is 25.8 Å². The lowest BCUT2D eigenvalue weighted by Gasteiger charge is -2.60. The lowest BCUT2D eigenvalue weighted by Crippen LogP contribution is -2.63. The Bertz CT molecular complexity index is 1160.